The van der Waals surface area contributed by atoms with E-state index in [1.54, 1.807) is 18.5 Å². The van der Waals surface area contributed by atoms with E-state index in [2.05, 4.69) is 71.2 Å². The molecule has 0 spiro atoms. The molecule has 1 atom stereocenters. The molecule has 1 heterocycles. The Morgan fingerprint density at radius 1 is 1.13 bits per heavy atom. The van der Waals surface area contributed by atoms with Crippen LogP contribution in [-0.2, 0) is 6.42 Å². The van der Waals surface area contributed by atoms with Crippen molar-refractivity contribution in [2.24, 2.45) is 5.92 Å². The summed E-state index contributed by atoms with van der Waals surface area (Å²) in [6.45, 7) is 6.27. The number of anilines is 1. The third-order valence-corrected chi connectivity index (χ3v) is 3.55. The number of nitrogens with one attached hydrogen (secondary N) is 3. The molecule has 0 fully saturated rings. The minimum absolute atomic E-state index is 0.0700. The Hall–Kier alpha value is -2.63. The molecule has 2 aromatic rings. The molecule has 23 heavy (non-hydrogen) atoms. The van der Waals surface area contributed by atoms with Crippen LogP contribution in [0.5, 0.6) is 0 Å². The van der Waals surface area contributed by atoms with Gasteiger partial charge >= 0.3 is 6.03 Å². The van der Waals surface area contributed by atoms with E-state index in [0.29, 0.717) is 5.95 Å². The lowest BCUT2D eigenvalue weighted by Crippen LogP contribution is -2.42. The van der Waals surface area contributed by atoms with Crippen LogP contribution in [0.2, 0.25) is 0 Å². The lowest BCUT2D eigenvalue weighted by atomic mass is 9.95. The van der Waals surface area contributed by atoms with Gasteiger partial charge in [-0.3, -0.25) is 5.43 Å². The molecule has 0 aliphatic carbocycles. The molecule has 0 aliphatic heterocycles. The number of urea groups is 1. The van der Waals surface area contributed by atoms with Gasteiger partial charge in [0, 0.05) is 12.4 Å². The summed E-state index contributed by atoms with van der Waals surface area (Å²) in [5.41, 5.74) is 7.59. The van der Waals surface area contributed by atoms with Gasteiger partial charge in [0.1, 0.15) is 0 Å². The molecular weight excluding hydrogens is 290 g/mol. The predicted octanol–water partition coefficient (Wildman–Crippen LogP) is 3.06. The molecule has 3 N–H and O–H groups in total. The number of hydrogen-bond donors (Lipinski definition) is 3. The molecule has 0 saturated carbocycles. The Kier molecular flexibility index (Phi) is 5.91. The Balaban J connectivity index is 1.96. The van der Waals surface area contributed by atoms with Crippen molar-refractivity contribution >= 4 is 12.0 Å². The number of aromatic nitrogens is 2. The third kappa shape index (κ3) is 4.95. The summed E-state index contributed by atoms with van der Waals surface area (Å²) in [6, 6.07) is 9.64. The van der Waals surface area contributed by atoms with Crippen molar-refractivity contribution in [3.05, 3.63) is 53.9 Å². The van der Waals surface area contributed by atoms with Crippen LogP contribution >= 0.6 is 0 Å². The maximum atomic E-state index is 12.1. The molecule has 1 aromatic carbocycles. The Morgan fingerprint density at radius 2 is 1.78 bits per heavy atom. The van der Waals surface area contributed by atoms with Crippen LogP contribution in [0.15, 0.2) is 42.7 Å². The van der Waals surface area contributed by atoms with Crippen LogP contribution in [0.4, 0.5) is 10.7 Å². The topological polar surface area (TPSA) is 78.9 Å². The Labute approximate surface area is 136 Å². The first-order valence-electron chi connectivity index (χ1n) is 7.78. The van der Waals surface area contributed by atoms with Crippen molar-refractivity contribution in [2.45, 2.75) is 33.2 Å². The number of hydrogen-bond acceptors (Lipinski definition) is 4. The van der Waals surface area contributed by atoms with Gasteiger partial charge in [0.25, 0.3) is 0 Å². The van der Waals surface area contributed by atoms with Crippen LogP contribution in [0.1, 0.15) is 37.9 Å². The highest BCUT2D eigenvalue weighted by molar-refractivity contribution is 5.75. The summed E-state index contributed by atoms with van der Waals surface area (Å²) in [7, 11) is 0. The first-order chi connectivity index (χ1) is 11.1. The van der Waals surface area contributed by atoms with E-state index in [9.17, 15) is 4.79 Å². The zero-order chi connectivity index (χ0) is 16.7. The minimum Gasteiger partial charge on any atom is -0.330 e. The monoisotopic (exact) mass is 313 g/mol. The van der Waals surface area contributed by atoms with E-state index < -0.39 is 0 Å². The first-order valence-corrected chi connectivity index (χ1v) is 7.78. The lowest BCUT2D eigenvalue weighted by molar-refractivity contribution is 0.235. The molecule has 6 nitrogen and oxygen atoms in total. The average Bonchev–Trinajstić information content (AvgIpc) is 2.58. The van der Waals surface area contributed by atoms with Crippen molar-refractivity contribution in [3.8, 4) is 0 Å². The number of rotatable bonds is 6. The van der Waals surface area contributed by atoms with Gasteiger partial charge in [0.15, 0.2) is 0 Å². The highest BCUT2D eigenvalue weighted by atomic mass is 16.2. The van der Waals surface area contributed by atoms with E-state index >= 15 is 0 Å². The Bertz CT molecular complexity index is 613. The molecule has 0 bridgehead atoms. The van der Waals surface area contributed by atoms with Gasteiger partial charge in [-0.1, -0.05) is 45.0 Å². The number of aryl methyl sites for hydroxylation is 1. The molecule has 122 valence electrons. The van der Waals surface area contributed by atoms with Crippen LogP contribution in [0, 0.1) is 5.92 Å². The van der Waals surface area contributed by atoms with Crippen molar-refractivity contribution in [1.82, 2.24) is 20.7 Å². The molecule has 1 aromatic heterocycles. The Morgan fingerprint density at radius 3 is 2.35 bits per heavy atom. The molecular formula is C17H23N5O. The first kappa shape index (κ1) is 16.7. The summed E-state index contributed by atoms with van der Waals surface area (Å²) >= 11 is 0. The molecule has 2 amide bonds. The van der Waals surface area contributed by atoms with Crippen molar-refractivity contribution in [2.75, 3.05) is 5.43 Å². The van der Waals surface area contributed by atoms with Gasteiger partial charge < -0.3 is 5.32 Å². The maximum Gasteiger partial charge on any atom is 0.333 e. The molecule has 0 saturated heterocycles. The number of amides is 2. The van der Waals surface area contributed by atoms with Gasteiger partial charge in [0.2, 0.25) is 5.95 Å². The molecule has 6 heteroatoms. The van der Waals surface area contributed by atoms with E-state index in [0.717, 1.165) is 12.0 Å². The fraction of sp³-hybridized carbons (Fsp3) is 0.353. The molecule has 1 unspecified atom stereocenters. The second-order valence-corrected chi connectivity index (χ2v) is 5.61. The van der Waals surface area contributed by atoms with Crippen LogP contribution in [0.3, 0.4) is 0 Å². The SMILES string of the molecule is CCc1ccc(C(NC(=O)NNc2ncccn2)C(C)C)cc1. The fourth-order valence-electron chi connectivity index (χ4n) is 2.25. The van der Waals surface area contributed by atoms with Crippen molar-refractivity contribution < 1.29 is 4.79 Å². The summed E-state index contributed by atoms with van der Waals surface area (Å²) in [4.78, 5) is 20.0. The molecule has 0 radical (unpaired) electrons. The number of carbonyl (C=O) groups is 1. The van der Waals surface area contributed by atoms with E-state index in [1.807, 2.05) is 0 Å². The number of nitrogens with zero attached hydrogens (tertiary/aromatic N) is 2. The van der Waals surface area contributed by atoms with Gasteiger partial charge in [-0.15, -0.1) is 0 Å². The van der Waals surface area contributed by atoms with Crippen LogP contribution < -0.4 is 16.2 Å². The zero-order valence-electron chi connectivity index (χ0n) is 13.7. The minimum atomic E-state index is -0.323. The largest absolute Gasteiger partial charge is 0.333 e. The zero-order valence-corrected chi connectivity index (χ0v) is 13.7. The summed E-state index contributed by atoms with van der Waals surface area (Å²) < 4.78 is 0. The van der Waals surface area contributed by atoms with E-state index in [4.69, 9.17) is 0 Å². The summed E-state index contributed by atoms with van der Waals surface area (Å²) in [5.74, 6) is 0.609. The van der Waals surface area contributed by atoms with Crippen molar-refractivity contribution in [1.29, 1.82) is 0 Å². The van der Waals surface area contributed by atoms with E-state index in [-0.39, 0.29) is 18.0 Å². The van der Waals surface area contributed by atoms with Crippen molar-refractivity contribution in [3.63, 3.8) is 0 Å². The van der Waals surface area contributed by atoms with Gasteiger partial charge in [0.05, 0.1) is 6.04 Å². The maximum absolute atomic E-state index is 12.1. The quantitative estimate of drug-likeness (QED) is 0.716. The highest BCUT2D eigenvalue weighted by Crippen LogP contribution is 2.22. The van der Waals surface area contributed by atoms with Crippen LogP contribution in [0.25, 0.3) is 0 Å². The second-order valence-electron chi connectivity index (χ2n) is 5.61. The van der Waals surface area contributed by atoms with Gasteiger partial charge in [-0.05, 0) is 29.5 Å². The summed E-state index contributed by atoms with van der Waals surface area (Å²) in [6.07, 6.45) is 4.20. The number of hydrazine groups is 1. The molecule has 0 aliphatic rings. The average molecular weight is 313 g/mol. The normalized spacial score (nSPS) is 11.8. The molecule has 2 rings (SSSR count). The third-order valence-electron chi connectivity index (χ3n) is 3.55. The van der Waals surface area contributed by atoms with E-state index in [1.165, 1.54) is 5.56 Å². The highest BCUT2D eigenvalue weighted by Gasteiger charge is 2.18. The standard InChI is InChI=1S/C17H23N5O/c1-4-13-6-8-14(9-7-13)15(12(2)3)20-17(23)22-21-16-18-10-5-11-19-16/h5-12,15H,4H2,1-3H3,(H,18,19,21)(H2,20,22,23). The van der Waals surface area contributed by atoms with Gasteiger partial charge in [-0.2, -0.15) is 0 Å². The predicted molar refractivity (Wildman–Crippen MR) is 90.7 cm³/mol. The number of carbonyl (C=O) groups excluding carboxylic acids is 1. The summed E-state index contributed by atoms with van der Waals surface area (Å²) in [5, 5.41) is 2.97. The smallest absolute Gasteiger partial charge is 0.330 e. The lowest BCUT2D eigenvalue weighted by Gasteiger charge is -2.23. The number of benzene rings is 1. The van der Waals surface area contributed by atoms with Gasteiger partial charge in [-0.25, -0.2) is 20.2 Å². The fourth-order valence-corrected chi connectivity index (χ4v) is 2.25. The second kappa shape index (κ2) is 8.12. The van der Waals surface area contributed by atoms with Crippen LogP contribution in [-0.4, -0.2) is 16.0 Å².